The van der Waals surface area contributed by atoms with Crippen molar-refractivity contribution in [1.29, 1.82) is 0 Å². The smallest absolute Gasteiger partial charge is 0.229 e. The van der Waals surface area contributed by atoms with Crippen LogP contribution >= 0.6 is 0 Å². The van der Waals surface area contributed by atoms with Gasteiger partial charge in [0.2, 0.25) is 11.8 Å². The molecule has 2 atom stereocenters. The van der Waals surface area contributed by atoms with Crippen molar-refractivity contribution in [2.75, 3.05) is 13.1 Å². The van der Waals surface area contributed by atoms with Crippen LogP contribution in [-0.2, 0) is 16.0 Å². The van der Waals surface area contributed by atoms with Gasteiger partial charge in [-0.05, 0) is 52.0 Å². The Balaban J connectivity index is 1.42. The van der Waals surface area contributed by atoms with Crippen LogP contribution in [-0.4, -0.2) is 45.8 Å². The second-order valence-corrected chi connectivity index (χ2v) is 9.71. The lowest BCUT2D eigenvalue weighted by molar-refractivity contribution is -0.133. The number of hydrogen-bond acceptors (Lipinski definition) is 4. The van der Waals surface area contributed by atoms with Gasteiger partial charge in [0.15, 0.2) is 0 Å². The molecular weight excluding hydrogens is 412 g/mol. The first-order chi connectivity index (χ1) is 15.9. The molecule has 2 fully saturated rings. The minimum absolute atomic E-state index is 0.0637. The fourth-order valence-electron chi connectivity index (χ4n) is 5.26. The molecule has 2 aliphatic rings. The SMILES string of the molecule is Cc1nc([C@@H]2CCCN(C(=O)[C@@H](C)c3ccccc3)C2)nc(C)c1CC(=O)NC1CCCC1. The maximum atomic E-state index is 13.2. The average molecular weight is 449 g/mol. The highest BCUT2D eigenvalue weighted by Crippen LogP contribution is 2.28. The zero-order chi connectivity index (χ0) is 23.4. The second-order valence-electron chi connectivity index (χ2n) is 9.71. The summed E-state index contributed by atoms with van der Waals surface area (Å²) >= 11 is 0. The first-order valence-electron chi connectivity index (χ1n) is 12.4. The highest BCUT2D eigenvalue weighted by Gasteiger charge is 2.30. The van der Waals surface area contributed by atoms with Crippen molar-refractivity contribution in [3.8, 4) is 0 Å². The van der Waals surface area contributed by atoms with Gasteiger partial charge >= 0.3 is 0 Å². The lowest BCUT2D eigenvalue weighted by Crippen LogP contribution is -2.41. The number of nitrogens with one attached hydrogen (secondary N) is 1. The number of hydrogen-bond donors (Lipinski definition) is 1. The first-order valence-corrected chi connectivity index (χ1v) is 12.4. The van der Waals surface area contributed by atoms with Crippen molar-refractivity contribution >= 4 is 11.8 Å². The van der Waals surface area contributed by atoms with Crippen molar-refractivity contribution in [3.63, 3.8) is 0 Å². The van der Waals surface area contributed by atoms with E-state index in [4.69, 9.17) is 9.97 Å². The lowest BCUT2D eigenvalue weighted by atomic mass is 9.93. The standard InChI is InChI=1S/C27H36N4O2/c1-18(21-10-5-4-6-11-21)27(33)31-15-9-12-22(17-31)26-28-19(2)24(20(3)29-26)16-25(32)30-23-13-7-8-14-23/h4-6,10-11,18,22-23H,7-9,12-17H2,1-3H3,(H,30,32)/t18-,22+/m0/s1. The van der Waals surface area contributed by atoms with Gasteiger partial charge in [-0.1, -0.05) is 43.2 Å². The fraction of sp³-hybridized carbons (Fsp3) is 0.556. The molecule has 2 amide bonds. The van der Waals surface area contributed by atoms with Crippen molar-refractivity contribution in [3.05, 3.63) is 58.7 Å². The van der Waals surface area contributed by atoms with Gasteiger partial charge in [-0.2, -0.15) is 0 Å². The van der Waals surface area contributed by atoms with Crippen LogP contribution in [0.15, 0.2) is 30.3 Å². The number of aromatic nitrogens is 2. The number of rotatable bonds is 6. The summed E-state index contributed by atoms with van der Waals surface area (Å²) in [7, 11) is 0. The summed E-state index contributed by atoms with van der Waals surface area (Å²) in [5, 5.41) is 3.16. The molecule has 176 valence electrons. The van der Waals surface area contributed by atoms with E-state index in [9.17, 15) is 9.59 Å². The fourth-order valence-corrected chi connectivity index (χ4v) is 5.26. The Labute approximate surface area is 197 Å². The third kappa shape index (κ3) is 5.60. The summed E-state index contributed by atoms with van der Waals surface area (Å²) in [5.41, 5.74) is 3.73. The molecule has 1 aromatic heterocycles. The van der Waals surface area contributed by atoms with E-state index in [1.54, 1.807) is 0 Å². The Hall–Kier alpha value is -2.76. The molecule has 33 heavy (non-hydrogen) atoms. The van der Waals surface area contributed by atoms with Crippen molar-refractivity contribution in [1.82, 2.24) is 20.2 Å². The molecule has 4 rings (SSSR count). The topological polar surface area (TPSA) is 75.2 Å². The van der Waals surface area contributed by atoms with E-state index in [0.717, 1.165) is 60.6 Å². The van der Waals surface area contributed by atoms with Gasteiger partial charge in [0.05, 0.1) is 12.3 Å². The Morgan fingerprint density at radius 3 is 2.36 bits per heavy atom. The van der Waals surface area contributed by atoms with E-state index in [2.05, 4.69) is 5.32 Å². The molecule has 0 unspecified atom stereocenters. The summed E-state index contributed by atoms with van der Waals surface area (Å²) in [6.07, 6.45) is 6.82. The van der Waals surface area contributed by atoms with E-state index >= 15 is 0 Å². The van der Waals surface area contributed by atoms with Crippen LogP contribution in [0.3, 0.4) is 0 Å². The summed E-state index contributed by atoms with van der Waals surface area (Å²) in [4.78, 5) is 37.3. The molecule has 1 saturated carbocycles. The van der Waals surface area contributed by atoms with Gasteiger partial charge < -0.3 is 10.2 Å². The van der Waals surface area contributed by atoms with Gasteiger partial charge in [0, 0.05) is 42.0 Å². The quantitative estimate of drug-likeness (QED) is 0.719. The predicted octanol–water partition coefficient (Wildman–Crippen LogP) is 4.20. The van der Waals surface area contributed by atoms with Crippen LogP contribution in [0.1, 0.15) is 85.6 Å². The van der Waals surface area contributed by atoms with E-state index in [-0.39, 0.29) is 23.7 Å². The molecule has 0 spiro atoms. The number of amides is 2. The third-order valence-electron chi connectivity index (χ3n) is 7.26. The number of likely N-dealkylation sites (tertiary alicyclic amines) is 1. The minimum atomic E-state index is -0.157. The summed E-state index contributed by atoms with van der Waals surface area (Å²) in [6.45, 7) is 7.36. The molecule has 0 radical (unpaired) electrons. The Morgan fingerprint density at radius 1 is 1.03 bits per heavy atom. The molecule has 1 N–H and O–H groups in total. The minimum Gasteiger partial charge on any atom is -0.353 e. The monoisotopic (exact) mass is 448 g/mol. The largest absolute Gasteiger partial charge is 0.353 e. The van der Waals surface area contributed by atoms with Crippen molar-refractivity contribution in [2.45, 2.75) is 83.6 Å². The highest BCUT2D eigenvalue weighted by molar-refractivity contribution is 5.83. The summed E-state index contributed by atoms with van der Waals surface area (Å²) in [6, 6.07) is 10.3. The number of nitrogens with zero attached hydrogens (tertiary/aromatic N) is 3. The molecule has 1 aromatic carbocycles. The van der Waals surface area contributed by atoms with Gasteiger partial charge in [-0.3, -0.25) is 9.59 Å². The molecule has 6 heteroatoms. The van der Waals surface area contributed by atoms with Gasteiger partial charge in [0.1, 0.15) is 5.82 Å². The van der Waals surface area contributed by atoms with Crippen LogP contribution in [0.2, 0.25) is 0 Å². The Kier molecular flexibility index (Phi) is 7.41. The summed E-state index contributed by atoms with van der Waals surface area (Å²) in [5.74, 6) is 1.00. The van der Waals surface area contributed by atoms with Crippen LogP contribution in [0, 0.1) is 13.8 Å². The van der Waals surface area contributed by atoms with E-state index in [1.807, 2.05) is 56.0 Å². The molecular formula is C27H36N4O2. The lowest BCUT2D eigenvalue weighted by Gasteiger charge is -2.34. The van der Waals surface area contributed by atoms with Gasteiger partial charge in [-0.25, -0.2) is 9.97 Å². The maximum absolute atomic E-state index is 13.2. The second kappa shape index (κ2) is 10.4. The van der Waals surface area contributed by atoms with Gasteiger partial charge in [-0.15, -0.1) is 0 Å². The number of aryl methyl sites for hydroxylation is 2. The molecule has 1 saturated heterocycles. The van der Waals surface area contributed by atoms with E-state index < -0.39 is 0 Å². The Bertz CT molecular complexity index is 962. The zero-order valence-electron chi connectivity index (χ0n) is 20.1. The number of carbonyl (C=O) groups excluding carboxylic acids is 2. The van der Waals surface area contributed by atoms with Gasteiger partial charge in [0.25, 0.3) is 0 Å². The first kappa shape index (κ1) is 23.4. The zero-order valence-corrected chi connectivity index (χ0v) is 20.1. The van der Waals surface area contributed by atoms with E-state index in [0.29, 0.717) is 19.0 Å². The molecule has 1 aliphatic heterocycles. The maximum Gasteiger partial charge on any atom is 0.229 e. The molecule has 0 bridgehead atoms. The van der Waals surface area contributed by atoms with Crippen molar-refractivity contribution in [2.24, 2.45) is 0 Å². The predicted molar refractivity (Wildman–Crippen MR) is 129 cm³/mol. The average Bonchev–Trinajstić information content (AvgIpc) is 3.34. The summed E-state index contributed by atoms with van der Waals surface area (Å²) < 4.78 is 0. The van der Waals surface area contributed by atoms with Crippen LogP contribution < -0.4 is 5.32 Å². The number of piperidine rings is 1. The normalized spacial score (nSPS) is 20.0. The van der Waals surface area contributed by atoms with Crippen LogP contribution in [0.4, 0.5) is 0 Å². The Morgan fingerprint density at radius 2 is 1.70 bits per heavy atom. The molecule has 1 aliphatic carbocycles. The molecule has 2 aromatic rings. The van der Waals surface area contributed by atoms with Crippen LogP contribution in [0.25, 0.3) is 0 Å². The van der Waals surface area contributed by atoms with Crippen molar-refractivity contribution < 1.29 is 9.59 Å². The van der Waals surface area contributed by atoms with Crippen LogP contribution in [0.5, 0.6) is 0 Å². The number of benzene rings is 1. The molecule has 6 nitrogen and oxygen atoms in total. The highest BCUT2D eigenvalue weighted by atomic mass is 16.2. The van der Waals surface area contributed by atoms with E-state index in [1.165, 1.54) is 12.8 Å². The molecule has 2 heterocycles. The third-order valence-corrected chi connectivity index (χ3v) is 7.26. The number of carbonyl (C=O) groups is 2.